The Morgan fingerprint density at radius 1 is 1.50 bits per heavy atom. The van der Waals surface area contributed by atoms with Crippen molar-refractivity contribution in [2.24, 2.45) is 0 Å². The molecule has 0 saturated carbocycles. The number of rotatable bonds is 5. The zero-order chi connectivity index (χ0) is 7.82. The van der Waals surface area contributed by atoms with Crippen LogP contribution >= 0.6 is 0 Å². The summed E-state index contributed by atoms with van der Waals surface area (Å²) >= 11 is 0. The molecule has 59 valence electrons. The zero-order valence-corrected chi connectivity index (χ0v) is 6.42. The van der Waals surface area contributed by atoms with Crippen LogP contribution in [0.1, 0.15) is 20.3 Å². The molecular weight excluding hydrogens is 132 g/mol. The van der Waals surface area contributed by atoms with E-state index in [1.807, 2.05) is 13.8 Å². The van der Waals surface area contributed by atoms with Crippen LogP contribution in [0.4, 0.5) is 0 Å². The molecule has 0 unspecified atom stereocenters. The van der Waals surface area contributed by atoms with Crippen LogP contribution in [0.5, 0.6) is 0 Å². The maximum absolute atomic E-state index is 10.6. The summed E-state index contributed by atoms with van der Waals surface area (Å²) in [5.74, 6) is -0.330. The van der Waals surface area contributed by atoms with Crippen molar-refractivity contribution in [2.45, 2.75) is 20.3 Å². The van der Waals surface area contributed by atoms with E-state index in [0.29, 0.717) is 6.61 Å². The van der Waals surface area contributed by atoms with Crippen molar-refractivity contribution in [3.63, 3.8) is 0 Å². The molecule has 0 saturated heterocycles. The Morgan fingerprint density at radius 2 is 2.20 bits per heavy atom. The molecule has 3 nitrogen and oxygen atoms in total. The highest BCUT2D eigenvalue weighted by Gasteiger charge is 1.99. The van der Waals surface area contributed by atoms with Gasteiger partial charge >= 0.3 is 5.97 Å². The van der Waals surface area contributed by atoms with E-state index >= 15 is 0 Å². The Labute approximate surface area is 61.3 Å². The first-order valence-electron chi connectivity index (χ1n) is 3.40. The second kappa shape index (κ2) is 6.55. The highest BCUT2D eigenvalue weighted by molar-refractivity contribution is 5.71. The number of carbonyl (C=O) groups excluding carboxylic acids is 1. The topological polar surface area (TPSA) is 35.5 Å². The Bertz CT molecular complexity index is 80.9. The van der Waals surface area contributed by atoms with Crippen molar-refractivity contribution in [2.75, 3.05) is 13.2 Å². The van der Waals surface area contributed by atoms with Crippen LogP contribution in [0.3, 0.4) is 0 Å². The van der Waals surface area contributed by atoms with Crippen LogP contribution in [-0.4, -0.2) is 19.2 Å². The van der Waals surface area contributed by atoms with Gasteiger partial charge in [0.2, 0.25) is 0 Å². The van der Waals surface area contributed by atoms with Gasteiger partial charge in [-0.2, -0.15) is 0 Å². The molecule has 0 aliphatic carbocycles. The normalized spacial score (nSPS) is 9.40. The number of ether oxygens (including phenoxy) is 2. The first-order chi connectivity index (χ1) is 4.81. The Balaban J connectivity index is 3.09. The van der Waals surface area contributed by atoms with Gasteiger partial charge in [-0.15, -0.1) is 0 Å². The number of hydrogen-bond donors (Lipinski definition) is 0. The molecule has 0 aliphatic rings. The van der Waals surface area contributed by atoms with Gasteiger partial charge < -0.3 is 9.47 Å². The summed E-state index contributed by atoms with van der Waals surface area (Å²) < 4.78 is 9.40. The van der Waals surface area contributed by atoms with E-state index < -0.39 is 0 Å². The summed E-state index contributed by atoms with van der Waals surface area (Å²) in [6.45, 7) is 5.78. The second-order valence-corrected chi connectivity index (χ2v) is 1.70. The van der Waals surface area contributed by atoms with Crippen molar-refractivity contribution in [3.05, 3.63) is 6.61 Å². The first-order valence-corrected chi connectivity index (χ1v) is 3.40. The van der Waals surface area contributed by atoms with Crippen LogP contribution in [0.2, 0.25) is 0 Å². The minimum absolute atomic E-state index is 0.0486. The van der Waals surface area contributed by atoms with E-state index in [1.165, 1.54) is 6.61 Å². The lowest BCUT2D eigenvalue weighted by atomic mass is 10.5. The van der Waals surface area contributed by atoms with Crippen molar-refractivity contribution in [1.82, 2.24) is 0 Å². The fraction of sp³-hybridized carbons (Fsp3) is 0.714. The van der Waals surface area contributed by atoms with Gasteiger partial charge in [0.25, 0.3) is 0 Å². The van der Waals surface area contributed by atoms with E-state index in [2.05, 4.69) is 4.74 Å². The lowest BCUT2D eigenvalue weighted by Crippen LogP contribution is -2.10. The molecule has 10 heavy (non-hydrogen) atoms. The van der Waals surface area contributed by atoms with E-state index in [-0.39, 0.29) is 12.6 Å². The van der Waals surface area contributed by atoms with Gasteiger partial charge in [0.1, 0.15) is 13.2 Å². The highest BCUT2D eigenvalue weighted by Crippen LogP contribution is 1.88. The number of carbonyl (C=O) groups is 1. The molecule has 0 atom stereocenters. The van der Waals surface area contributed by atoms with Gasteiger partial charge in [-0.05, 0) is 13.3 Å². The van der Waals surface area contributed by atoms with E-state index in [9.17, 15) is 4.79 Å². The first kappa shape index (κ1) is 9.43. The van der Waals surface area contributed by atoms with Crippen molar-refractivity contribution < 1.29 is 14.3 Å². The largest absolute Gasteiger partial charge is 0.457 e. The molecule has 1 radical (unpaired) electrons. The molecule has 0 aliphatic heterocycles. The summed E-state index contributed by atoms with van der Waals surface area (Å²) in [4.78, 5) is 10.6. The van der Waals surface area contributed by atoms with E-state index in [4.69, 9.17) is 4.74 Å². The third kappa shape index (κ3) is 5.56. The lowest BCUT2D eigenvalue weighted by Gasteiger charge is -2.00. The third-order valence-electron chi connectivity index (χ3n) is 0.805. The maximum Gasteiger partial charge on any atom is 0.332 e. The van der Waals surface area contributed by atoms with Crippen molar-refractivity contribution >= 4 is 5.97 Å². The Kier molecular flexibility index (Phi) is 6.18. The standard InChI is InChI=1S/C7H13O3/c1-3-5-10-7(8)6-9-4-2/h5H,3-4,6H2,1-2H3. The van der Waals surface area contributed by atoms with Crippen LogP contribution < -0.4 is 0 Å². The monoisotopic (exact) mass is 145 g/mol. The molecule has 0 fully saturated rings. The van der Waals surface area contributed by atoms with Gasteiger partial charge in [0.05, 0.1) is 0 Å². The molecule has 0 aromatic rings. The highest BCUT2D eigenvalue weighted by atomic mass is 16.6. The van der Waals surface area contributed by atoms with E-state index in [1.54, 1.807) is 0 Å². The average Bonchev–Trinajstić information content (AvgIpc) is 1.97. The molecule has 0 N–H and O–H groups in total. The van der Waals surface area contributed by atoms with E-state index in [0.717, 1.165) is 6.42 Å². The molecule has 0 rings (SSSR count). The molecule has 0 heterocycles. The van der Waals surface area contributed by atoms with Crippen LogP contribution in [0, 0.1) is 6.61 Å². The van der Waals surface area contributed by atoms with Gasteiger partial charge in [-0.1, -0.05) is 6.92 Å². The summed E-state index contributed by atoms with van der Waals surface area (Å²) in [5, 5.41) is 0. The summed E-state index contributed by atoms with van der Waals surface area (Å²) in [6.07, 6.45) is 0.734. The quantitative estimate of drug-likeness (QED) is 0.544. The van der Waals surface area contributed by atoms with Crippen molar-refractivity contribution in [1.29, 1.82) is 0 Å². The SMILES string of the molecule is CC[CH]OC(=O)COCC. The minimum atomic E-state index is -0.330. The van der Waals surface area contributed by atoms with Crippen LogP contribution in [-0.2, 0) is 14.3 Å². The molecular formula is C7H13O3. The van der Waals surface area contributed by atoms with Gasteiger partial charge in [0.15, 0.2) is 0 Å². The molecule has 0 aromatic carbocycles. The van der Waals surface area contributed by atoms with Crippen molar-refractivity contribution in [3.8, 4) is 0 Å². The average molecular weight is 145 g/mol. The number of hydrogen-bond acceptors (Lipinski definition) is 3. The summed E-state index contributed by atoms with van der Waals surface area (Å²) in [7, 11) is 0. The van der Waals surface area contributed by atoms with Crippen LogP contribution in [0.15, 0.2) is 0 Å². The Morgan fingerprint density at radius 3 is 2.70 bits per heavy atom. The molecule has 0 aromatic heterocycles. The number of esters is 1. The van der Waals surface area contributed by atoms with Gasteiger partial charge in [-0.25, -0.2) is 4.79 Å². The van der Waals surface area contributed by atoms with Crippen LogP contribution in [0.25, 0.3) is 0 Å². The maximum atomic E-state index is 10.6. The Hall–Kier alpha value is -0.570. The lowest BCUT2D eigenvalue weighted by molar-refractivity contribution is -0.145. The molecule has 0 bridgehead atoms. The predicted molar refractivity (Wildman–Crippen MR) is 37.2 cm³/mol. The predicted octanol–water partition coefficient (Wildman–Crippen LogP) is 1.14. The second-order valence-electron chi connectivity index (χ2n) is 1.70. The molecule has 0 spiro atoms. The molecule has 0 amide bonds. The smallest absolute Gasteiger partial charge is 0.332 e. The minimum Gasteiger partial charge on any atom is -0.457 e. The third-order valence-corrected chi connectivity index (χ3v) is 0.805. The summed E-state index contributed by atoms with van der Waals surface area (Å²) in [5.41, 5.74) is 0. The fourth-order valence-corrected chi connectivity index (χ4v) is 0.396. The molecule has 3 heteroatoms. The van der Waals surface area contributed by atoms with Gasteiger partial charge in [0, 0.05) is 6.61 Å². The fourth-order valence-electron chi connectivity index (χ4n) is 0.396. The van der Waals surface area contributed by atoms with Gasteiger partial charge in [-0.3, -0.25) is 0 Å². The zero-order valence-electron chi connectivity index (χ0n) is 6.42. The summed E-state index contributed by atoms with van der Waals surface area (Å²) in [6, 6.07) is 0.